The monoisotopic (exact) mass is 358 g/mol. The number of nitrogens with one attached hydrogen (secondary N) is 2. The van der Waals surface area contributed by atoms with Crippen LogP contribution in [0.4, 0.5) is 0 Å². The van der Waals surface area contributed by atoms with E-state index < -0.39 is 17.9 Å². The van der Waals surface area contributed by atoms with E-state index in [1.165, 1.54) is 12.3 Å². The Hall–Kier alpha value is -3.09. The molecule has 3 N–H and O–H groups in total. The van der Waals surface area contributed by atoms with Gasteiger partial charge in [0.2, 0.25) is 5.91 Å². The second kappa shape index (κ2) is 9.41. The molecule has 2 amide bonds. The van der Waals surface area contributed by atoms with Gasteiger partial charge in [-0.3, -0.25) is 14.4 Å². The molecule has 1 aromatic carbocycles. The van der Waals surface area contributed by atoms with Crippen molar-refractivity contribution in [2.75, 3.05) is 0 Å². The fourth-order valence-electron chi connectivity index (χ4n) is 2.45. The Morgan fingerprint density at radius 1 is 1.08 bits per heavy atom. The summed E-state index contributed by atoms with van der Waals surface area (Å²) in [5.74, 6) is -1.65. The van der Waals surface area contributed by atoms with Crippen molar-refractivity contribution >= 4 is 17.8 Å². The molecule has 0 bridgehead atoms. The minimum atomic E-state index is -0.918. The predicted octanol–water partition coefficient (Wildman–Crippen LogP) is 1.99. The second-order valence-electron chi connectivity index (χ2n) is 6.04. The van der Waals surface area contributed by atoms with Crippen LogP contribution in [0.25, 0.3) is 0 Å². The third-order valence-corrected chi connectivity index (χ3v) is 3.83. The topological polar surface area (TPSA) is 109 Å². The van der Waals surface area contributed by atoms with Crippen molar-refractivity contribution < 1.29 is 23.9 Å². The van der Waals surface area contributed by atoms with E-state index in [1.807, 2.05) is 30.3 Å². The molecule has 0 aliphatic heterocycles. The number of carboxylic acids is 1. The van der Waals surface area contributed by atoms with Gasteiger partial charge in [0.05, 0.1) is 6.26 Å². The van der Waals surface area contributed by atoms with Crippen LogP contribution in [0.2, 0.25) is 0 Å². The van der Waals surface area contributed by atoms with Gasteiger partial charge in [0.25, 0.3) is 5.91 Å². The van der Waals surface area contributed by atoms with Crippen LogP contribution in [0.1, 0.15) is 35.9 Å². The van der Waals surface area contributed by atoms with Crippen molar-refractivity contribution in [3.8, 4) is 0 Å². The lowest BCUT2D eigenvalue weighted by atomic mass is 10.0. The van der Waals surface area contributed by atoms with Gasteiger partial charge in [0.1, 0.15) is 6.04 Å². The Bertz CT molecular complexity index is 728. The molecule has 0 aliphatic rings. The molecule has 2 aromatic rings. The van der Waals surface area contributed by atoms with Gasteiger partial charge in [0.15, 0.2) is 5.76 Å². The number of rotatable bonds is 9. The van der Waals surface area contributed by atoms with Gasteiger partial charge in [-0.05, 0) is 31.0 Å². The van der Waals surface area contributed by atoms with Crippen LogP contribution < -0.4 is 10.6 Å². The minimum absolute atomic E-state index is 0.0381. The number of furan rings is 1. The molecule has 2 atom stereocenters. The fourth-order valence-corrected chi connectivity index (χ4v) is 2.45. The number of carbonyl (C=O) groups is 3. The Kier molecular flexibility index (Phi) is 6.96. The number of benzene rings is 1. The third-order valence-electron chi connectivity index (χ3n) is 3.83. The first-order valence-corrected chi connectivity index (χ1v) is 8.36. The van der Waals surface area contributed by atoms with Crippen molar-refractivity contribution in [2.45, 2.75) is 38.3 Å². The highest BCUT2D eigenvalue weighted by Gasteiger charge is 2.24. The fraction of sp³-hybridized carbons (Fsp3) is 0.316. The van der Waals surface area contributed by atoms with Crippen molar-refractivity contribution in [2.24, 2.45) is 0 Å². The highest BCUT2D eigenvalue weighted by Crippen LogP contribution is 2.07. The lowest BCUT2D eigenvalue weighted by Gasteiger charge is -2.21. The number of carboxylic acid groups (broad SMARTS) is 1. The molecular weight excluding hydrogens is 336 g/mol. The summed E-state index contributed by atoms with van der Waals surface area (Å²) < 4.78 is 5.06. The normalized spacial score (nSPS) is 12.8. The first-order chi connectivity index (χ1) is 12.5. The Balaban J connectivity index is 2.04. The first kappa shape index (κ1) is 19.2. The maximum atomic E-state index is 12.6. The van der Waals surface area contributed by atoms with Crippen molar-refractivity contribution in [1.29, 1.82) is 0 Å². The van der Waals surface area contributed by atoms with Crippen molar-refractivity contribution in [1.82, 2.24) is 10.6 Å². The summed E-state index contributed by atoms with van der Waals surface area (Å²) in [5.41, 5.74) is 0.894. The average molecular weight is 358 g/mol. The number of amides is 2. The molecule has 0 aliphatic carbocycles. The molecule has 0 saturated heterocycles. The molecule has 138 valence electrons. The molecule has 2 rings (SSSR count). The summed E-state index contributed by atoms with van der Waals surface area (Å²) >= 11 is 0. The molecule has 1 heterocycles. The SMILES string of the molecule is CC(CCC(=O)O)NC(=O)C(Cc1ccccc1)NC(=O)c1ccco1. The summed E-state index contributed by atoms with van der Waals surface area (Å²) in [4.78, 5) is 35.5. The predicted molar refractivity (Wildman–Crippen MR) is 94.6 cm³/mol. The lowest BCUT2D eigenvalue weighted by molar-refractivity contribution is -0.137. The van der Waals surface area contributed by atoms with Gasteiger partial charge in [-0.25, -0.2) is 0 Å². The van der Waals surface area contributed by atoms with Crippen LogP contribution in [0.3, 0.4) is 0 Å². The average Bonchev–Trinajstić information content (AvgIpc) is 3.15. The van der Waals surface area contributed by atoms with Gasteiger partial charge in [-0.1, -0.05) is 30.3 Å². The molecule has 0 spiro atoms. The van der Waals surface area contributed by atoms with Gasteiger partial charge in [-0.2, -0.15) is 0 Å². The zero-order valence-electron chi connectivity index (χ0n) is 14.5. The molecule has 2 unspecified atom stereocenters. The van der Waals surface area contributed by atoms with E-state index in [0.29, 0.717) is 12.8 Å². The van der Waals surface area contributed by atoms with E-state index in [1.54, 1.807) is 13.0 Å². The van der Waals surface area contributed by atoms with Crippen LogP contribution in [0.5, 0.6) is 0 Å². The number of aliphatic carboxylic acids is 1. The number of carbonyl (C=O) groups excluding carboxylic acids is 2. The van der Waals surface area contributed by atoms with Crippen LogP contribution >= 0.6 is 0 Å². The van der Waals surface area contributed by atoms with Crippen LogP contribution in [0.15, 0.2) is 53.1 Å². The zero-order chi connectivity index (χ0) is 18.9. The first-order valence-electron chi connectivity index (χ1n) is 8.36. The molecule has 0 fully saturated rings. The molecule has 0 radical (unpaired) electrons. The Morgan fingerprint density at radius 2 is 1.81 bits per heavy atom. The van der Waals surface area contributed by atoms with Crippen molar-refractivity contribution in [3.63, 3.8) is 0 Å². The van der Waals surface area contributed by atoms with Gasteiger partial charge in [0, 0.05) is 18.9 Å². The summed E-state index contributed by atoms with van der Waals surface area (Å²) in [5, 5.41) is 14.2. The molecule has 1 aromatic heterocycles. The quantitative estimate of drug-likeness (QED) is 0.635. The smallest absolute Gasteiger partial charge is 0.303 e. The maximum absolute atomic E-state index is 12.6. The summed E-state index contributed by atoms with van der Waals surface area (Å²) in [6.45, 7) is 1.73. The molecule has 7 heteroatoms. The summed E-state index contributed by atoms with van der Waals surface area (Å²) in [6.07, 6.45) is 1.97. The minimum Gasteiger partial charge on any atom is -0.481 e. The molecular formula is C19H22N2O5. The molecule has 26 heavy (non-hydrogen) atoms. The lowest BCUT2D eigenvalue weighted by Crippen LogP contribution is -2.50. The maximum Gasteiger partial charge on any atom is 0.303 e. The van der Waals surface area contributed by atoms with Gasteiger partial charge >= 0.3 is 5.97 Å². The van der Waals surface area contributed by atoms with E-state index in [0.717, 1.165) is 5.56 Å². The van der Waals surface area contributed by atoms with Crippen LogP contribution in [-0.2, 0) is 16.0 Å². The highest BCUT2D eigenvalue weighted by atomic mass is 16.4. The summed E-state index contributed by atoms with van der Waals surface area (Å²) in [7, 11) is 0. The Labute approximate surface area is 151 Å². The second-order valence-corrected chi connectivity index (χ2v) is 6.04. The van der Waals surface area contributed by atoms with E-state index in [2.05, 4.69) is 10.6 Å². The van der Waals surface area contributed by atoms with Crippen molar-refractivity contribution in [3.05, 3.63) is 60.1 Å². The number of hydrogen-bond donors (Lipinski definition) is 3. The molecule has 7 nitrogen and oxygen atoms in total. The Morgan fingerprint density at radius 3 is 2.42 bits per heavy atom. The van der Waals surface area contributed by atoms with E-state index >= 15 is 0 Å². The van der Waals surface area contributed by atoms with Gasteiger partial charge < -0.3 is 20.2 Å². The van der Waals surface area contributed by atoms with Crippen LogP contribution in [-0.4, -0.2) is 35.0 Å². The number of hydrogen-bond acceptors (Lipinski definition) is 4. The molecule has 0 saturated carbocycles. The zero-order valence-corrected chi connectivity index (χ0v) is 14.5. The van der Waals surface area contributed by atoms with Gasteiger partial charge in [-0.15, -0.1) is 0 Å². The highest BCUT2D eigenvalue weighted by molar-refractivity contribution is 5.95. The standard InChI is InChI=1S/C19H22N2O5/c1-13(9-10-17(22)23)20-18(24)15(12-14-6-3-2-4-7-14)21-19(25)16-8-5-11-26-16/h2-8,11,13,15H,9-10,12H2,1H3,(H,20,24)(H,21,25)(H,22,23). The van der Waals surface area contributed by atoms with E-state index in [-0.39, 0.29) is 24.1 Å². The van der Waals surface area contributed by atoms with E-state index in [9.17, 15) is 14.4 Å². The third kappa shape index (κ3) is 6.08. The van der Waals surface area contributed by atoms with E-state index in [4.69, 9.17) is 9.52 Å². The summed E-state index contributed by atoms with van der Waals surface area (Å²) in [6, 6.07) is 11.3. The largest absolute Gasteiger partial charge is 0.481 e. The van der Waals surface area contributed by atoms with Crippen LogP contribution in [0, 0.1) is 0 Å².